The third-order valence-electron chi connectivity index (χ3n) is 4.92. The Kier molecular flexibility index (Phi) is 5.01. The summed E-state index contributed by atoms with van der Waals surface area (Å²) in [6, 6.07) is 1.58. The fourth-order valence-electron chi connectivity index (χ4n) is 3.49. The summed E-state index contributed by atoms with van der Waals surface area (Å²) in [5, 5.41) is 3.93. The second-order valence-electron chi connectivity index (χ2n) is 6.71. The molecule has 0 aromatic carbocycles. The van der Waals surface area contributed by atoms with Crippen molar-refractivity contribution in [2.45, 2.75) is 52.4 Å². The standard InChI is InChI=1S/C18H24N4O3/c1-11-15(12(2)25-21-11)4-5-18(24)22-8-6-14(7-9-22)16-10-17(23)20-13(3)19-16/h10,14H,4-9H2,1-3H3,(H,19,20,23). The van der Waals surface area contributed by atoms with E-state index in [9.17, 15) is 9.59 Å². The van der Waals surface area contributed by atoms with Gasteiger partial charge >= 0.3 is 0 Å². The molecule has 7 heteroatoms. The third kappa shape index (κ3) is 3.97. The average molecular weight is 344 g/mol. The lowest BCUT2D eigenvalue weighted by Gasteiger charge is -2.31. The Hall–Kier alpha value is -2.44. The molecule has 2 aromatic heterocycles. The highest BCUT2D eigenvalue weighted by atomic mass is 16.5. The summed E-state index contributed by atoms with van der Waals surface area (Å²) >= 11 is 0. The highest BCUT2D eigenvalue weighted by molar-refractivity contribution is 5.76. The Morgan fingerprint density at radius 3 is 2.64 bits per heavy atom. The van der Waals surface area contributed by atoms with E-state index in [1.165, 1.54) is 0 Å². The van der Waals surface area contributed by atoms with E-state index in [0.717, 1.165) is 35.6 Å². The average Bonchev–Trinajstić information content (AvgIpc) is 2.90. The number of nitrogens with zero attached hydrogens (tertiary/aromatic N) is 3. The highest BCUT2D eigenvalue weighted by Gasteiger charge is 2.25. The minimum atomic E-state index is -0.111. The normalized spacial score (nSPS) is 15.6. The maximum absolute atomic E-state index is 12.5. The number of aromatic nitrogens is 3. The van der Waals surface area contributed by atoms with Gasteiger partial charge in [-0.2, -0.15) is 0 Å². The maximum atomic E-state index is 12.5. The zero-order valence-electron chi connectivity index (χ0n) is 15.0. The minimum absolute atomic E-state index is 0.111. The first-order valence-electron chi connectivity index (χ1n) is 8.71. The number of aromatic amines is 1. The van der Waals surface area contributed by atoms with Crippen molar-refractivity contribution >= 4 is 5.91 Å². The molecule has 3 rings (SSSR count). The van der Waals surface area contributed by atoms with Crippen LogP contribution in [-0.2, 0) is 11.2 Å². The van der Waals surface area contributed by atoms with Gasteiger partial charge in [0.05, 0.1) is 11.4 Å². The zero-order valence-corrected chi connectivity index (χ0v) is 15.0. The van der Waals surface area contributed by atoms with Crippen LogP contribution in [0.1, 0.15) is 53.7 Å². The van der Waals surface area contributed by atoms with E-state index in [0.29, 0.717) is 31.8 Å². The smallest absolute Gasteiger partial charge is 0.251 e. The highest BCUT2D eigenvalue weighted by Crippen LogP contribution is 2.26. The van der Waals surface area contributed by atoms with Crippen molar-refractivity contribution in [3.63, 3.8) is 0 Å². The van der Waals surface area contributed by atoms with E-state index in [1.54, 1.807) is 13.0 Å². The third-order valence-corrected chi connectivity index (χ3v) is 4.92. The molecular weight excluding hydrogens is 320 g/mol. The van der Waals surface area contributed by atoms with Crippen molar-refractivity contribution in [3.05, 3.63) is 45.0 Å². The molecule has 0 saturated carbocycles. The summed E-state index contributed by atoms with van der Waals surface area (Å²) < 4.78 is 5.15. The summed E-state index contributed by atoms with van der Waals surface area (Å²) in [6.45, 7) is 6.98. The van der Waals surface area contributed by atoms with Crippen molar-refractivity contribution < 1.29 is 9.32 Å². The van der Waals surface area contributed by atoms with Crippen LogP contribution >= 0.6 is 0 Å². The Labute approximate surface area is 146 Å². The molecule has 0 bridgehead atoms. The van der Waals surface area contributed by atoms with Crippen LogP contribution in [0.4, 0.5) is 0 Å². The number of amides is 1. The lowest BCUT2D eigenvalue weighted by molar-refractivity contribution is -0.132. The molecular formula is C18H24N4O3. The van der Waals surface area contributed by atoms with Crippen molar-refractivity contribution in [1.82, 2.24) is 20.0 Å². The van der Waals surface area contributed by atoms with Crippen molar-refractivity contribution in [2.75, 3.05) is 13.1 Å². The zero-order chi connectivity index (χ0) is 18.0. The predicted molar refractivity (Wildman–Crippen MR) is 92.4 cm³/mol. The monoisotopic (exact) mass is 344 g/mol. The summed E-state index contributed by atoms with van der Waals surface area (Å²) in [7, 11) is 0. The predicted octanol–water partition coefficient (Wildman–Crippen LogP) is 2.02. The van der Waals surface area contributed by atoms with Crippen LogP contribution in [0.5, 0.6) is 0 Å². The number of hydrogen-bond donors (Lipinski definition) is 1. The Morgan fingerprint density at radius 2 is 2.04 bits per heavy atom. The molecule has 1 aliphatic rings. The van der Waals surface area contributed by atoms with Crippen molar-refractivity contribution in [3.8, 4) is 0 Å². The van der Waals surface area contributed by atoms with Gasteiger partial charge in [-0.1, -0.05) is 5.16 Å². The van der Waals surface area contributed by atoms with Crippen LogP contribution in [0.3, 0.4) is 0 Å². The van der Waals surface area contributed by atoms with Gasteiger partial charge in [0.25, 0.3) is 5.56 Å². The van der Waals surface area contributed by atoms with Crippen molar-refractivity contribution in [2.24, 2.45) is 0 Å². The lowest BCUT2D eigenvalue weighted by atomic mass is 9.93. The van der Waals surface area contributed by atoms with Crippen molar-refractivity contribution in [1.29, 1.82) is 0 Å². The van der Waals surface area contributed by atoms with Gasteiger partial charge in [-0.15, -0.1) is 0 Å². The Bertz CT molecular complexity index is 796. The van der Waals surface area contributed by atoms with Gasteiger partial charge in [0, 0.05) is 37.1 Å². The molecule has 0 atom stereocenters. The van der Waals surface area contributed by atoms with Crippen LogP contribution in [0.2, 0.25) is 0 Å². The van der Waals surface area contributed by atoms with Crippen LogP contribution in [0.15, 0.2) is 15.4 Å². The number of rotatable bonds is 4. The first-order valence-corrected chi connectivity index (χ1v) is 8.71. The molecule has 25 heavy (non-hydrogen) atoms. The number of aryl methyl sites for hydroxylation is 3. The topological polar surface area (TPSA) is 92.1 Å². The lowest BCUT2D eigenvalue weighted by Crippen LogP contribution is -2.38. The van der Waals surface area contributed by atoms with Gasteiger partial charge in [0.15, 0.2) is 0 Å². The molecule has 1 aliphatic heterocycles. The van der Waals surface area contributed by atoms with E-state index >= 15 is 0 Å². The van der Waals surface area contributed by atoms with Gasteiger partial charge in [-0.3, -0.25) is 9.59 Å². The number of carbonyl (C=O) groups excluding carboxylic acids is 1. The molecule has 0 radical (unpaired) electrons. The van der Waals surface area contributed by atoms with E-state index < -0.39 is 0 Å². The molecule has 134 valence electrons. The van der Waals surface area contributed by atoms with E-state index in [-0.39, 0.29) is 17.4 Å². The summed E-state index contributed by atoms with van der Waals surface area (Å²) in [6.07, 6.45) is 2.81. The quantitative estimate of drug-likeness (QED) is 0.916. The Morgan fingerprint density at radius 1 is 1.32 bits per heavy atom. The maximum Gasteiger partial charge on any atom is 0.251 e. The van der Waals surface area contributed by atoms with Crippen LogP contribution in [-0.4, -0.2) is 39.0 Å². The molecule has 2 aromatic rings. The van der Waals surface area contributed by atoms with Gasteiger partial charge in [0.1, 0.15) is 11.6 Å². The minimum Gasteiger partial charge on any atom is -0.361 e. The van der Waals surface area contributed by atoms with Gasteiger partial charge in [-0.25, -0.2) is 4.98 Å². The number of likely N-dealkylation sites (tertiary alicyclic amines) is 1. The number of nitrogens with one attached hydrogen (secondary N) is 1. The molecule has 0 aliphatic carbocycles. The first kappa shape index (κ1) is 17.4. The van der Waals surface area contributed by atoms with E-state index in [1.807, 2.05) is 18.7 Å². The van der Waals surface area contributed by atoms with Crippen LogP contribution < -0.4 is 5.56 Å². The summed E-state index contributed by atoms with van der Waals surface area (Å²) in [5.41, 5.74) is 2.62. The molecule has 1 N–H and O–H groups in total. The fraction of sp³-hybridized carbons (Fsp3) is 0.556. The molecule has 0 spiro atoms. The van der Waals surface area contributed by atoms with Gasteiger partial charge < -0.3 is 14.4 Å². The Balaban J connectivity index is 1.55. The van der Waals surface area contributed by atoms with Crippen LogP contribution in [0.25, 0.3) is 0 Å². The van der Waals surface area contributed by atoms with Gasteiger partial charge in [0.2, 0.25) is 5.91 Å². The molecule has 0 unspecified atom stereocenters. The first-order chi connectivity index (χ1) is 11.9. The van der Waals surface area contributed by atoms with Crippen LogP contribution in [0, 0.1) is 20.8 Å². The number of carbonyl (C=O) groups is 1. The molecule has 7 nitrogen and oxygen atoms in total. The summed E-state index contributed by atoms with van der Waals surface area (Å²) in [4.78, 5) is 33.1. The fourth-order valence-corrected chi connectivity index (χ4v) is 3.49. The molecule has 3 heterocycles. The number of H-pyrrole nitrogens is 1. The second kappa shape index (κ2) is 7.21. The summed E-state index contributed by atoms with van der Waals surface area (Å²) in [5.74, 6) is 1.83. The largest absolute Gasteiger partial charge is 0.361 e. The molecule has 1 amide bonds. The van der Waals surface area contributed by atoms with E-state index in [2.05, 4.69) is 15.1 Å². The number of hydrogen-bond acceptors (Lipinski definition) is 5. The molecule has 1 saturated heterocycles. The van der Waals surface area contributed by atoms with E-state index in [4.69, 9.17) is 4.52 Å². The van der Waals surface area contributed by atoms with Gasteiger partial charge in [-0.05, 0) is 40.0 Å². The number of piperidine rings is 1. The molecule has 1 fully saturated rings. The SMILES string of the molecule is Cc1nc(C2CCN(C(=O)CCc3c(C)noc3C)CC2)cc(=O)[nH]1. The second-order valence-corrected chi connectivity index (χ2v) is 6.71.